The predicted molar refractivity (Wildman–Crippen MR) is 137 cm³/mol. The Morgan fingerprint density at radius 3 is 2.41 bits per heavy atom. The van der Waals surface area contributed by atoms with E-state index in [0.29, 0.717) is 39.5 Å². The lowest BCUT2D eigenvalue weighted by molar-refractivity contribution is 0.0442. The Morgan fingerprint density at radius 2 is 1.62 bits per heavy atom. The zero-order valence-electron chi connectivity index (χ0n) is 20.4. The molecule has 186 valence electrons. The van der Waals surface area contributed by atoms with E-state index in [-0.39, 0.29) is 12.4 Å². The first-order valence-electron chi connectivity index (χ1n) is 11.8. The van der Waals surface area contributed by atoms with Gasteiger partial charge in [0.2, 0.25) is 11.5 Å². The van der Waals surface area contributed by atoms with Crippen molar-refractivity contribution in [3.63, 3.8) is 0 Å². The van der Waals surface area contributed by atoms with E-state index >= 15 is 0 Å². The van der Waals surface area contributed by atoms with Crippen LogP contribution < -0.4 is 4.74 Å². The first kappa shape index (κ1) is 24.1. The van der Waals surface area contributed by atoms with E-state index in [1.165, 1.54) is 6.07 Å². The lowest BCUT2D eigenvalue weighted by Gasteiger charge is -2.11. The number of carbonyl (C=O) groups excluding carboxylic acids is 2. The van der Waals surface area contributed by atoms with Crippen molar-refractivity contribution in [1.29, 1.82) is 0 Å². The lowest BCUT2D eigenvalue weighted by Crippen LogP contribution is -2.16. The summed E-state index contributed by atoms with van der Waals surface area (Å²) in [5.74, 6) is -0.930. The number of rotatable bonds is 8. The Balaban J connectivity index is 1.36. The van der Waals surface area contributed by atoms with Crippen LogP contribution in [-0.4, -0.2) is 22.9 Å². The summed E-state index contributed by atoms with van der Waals surface area (Å²) in [7, 11) is 0. The molecule has 2 aromatic heterocycles. The Morgan fingerprint density at radius 1 is 0.919 bits per heavy atom. The fourth-order valence-electron chi connectivity index (χ4n) is 4.40. The average Bonchev–Trinajstić information content (AvgIpc) is 3.43. The van der Waals surface area contributed by atoms with Crippen molar-refractivity contribution in [2.24, 2.45) is 0 Å². The molecule has 0 aliphatic carbocycles. The molecule has 3 aromatic carbocycles. The molecule has 0 unspecified atom stereocenters. The highest BCUT2D eigenvalue weighted by Crippen LogP contribution is 2.28. The highest BCUT2D eigenvalue weighted by atomic mass is 19.1. The molecule has 0 spiro atoms. The first-order chi connectivity index (χ1) is 17.9. The number of para-hydroxylation sites is 3. The standard InChI is InChI=1S/C30H24FNO5/c1-19-16-23(20(2)32(19)26-14-8-7-13-25(26)31)27(33)18-36-30(34)29-24(17-35-21-10-4-3-5-11-21)22-12-6-9-15-28(22)37-29/h3-16H,17-18H2,1-2H3. The predicted octanol–water partition coefficient (Wildman–Crippen LogP) is 6.60. The van der Waals surface area contributed by atoms with Crippen molar-refractivity contribution >= 4 is 22.7 Å². The molecule has 7 heteroatoms. The maximum Gasteiger partial charge on any atom is 0.375 e. The molecule has 6 nitrogen and oxygen atoms in total. The number of Topliss-reactive ketones (excluding diaryl/α,β-unsaturated/α-hetero) is 1. The molecule has 0 saturated carbocycles. The van der Waals surface area contributed by atoms with Crippen LogP contribution >= 0.6 is 0 Å². The van der Waals surface area contributed by atoms with Crippen LogP contribution in [0.4, 0.5) is 4.39 Å². The van der Waals surface area contributed by atoms with Gasteiger partial charge in [-0.3, -0.25) is 4.79 Å². The Bertz CT molecular complexity index is 1600. The maximum atomic E-state index is 14.4. The summed E-state index contributed by atoms with van der Waals surface area (Å²) in [5.41, 5.74) is 3.00. The number of ether oxygens (including phenoxy) is 2. The van der Waals surface area contributed by atoms with Gasteiger partial charge in [0.05, 0.1) is 11.3 Å². The molecule has 0 amide bonds. The molecule has 5 aromatic rings. The van der Waals surface area contributed by atoms with Crippen LogP contribution in [0.15, 0.2) is 89.3 Å². The second-order valence-electron chi connectivity index (χ2n) is 8.58. The van der Waals surface area contributed by atoms with E-state index < -0.39 is 24.2 Å². The number of aryl methyl sites for hydroxylation is 1. The van der Waals surface area contributed by atoms with E-state index in [1.54, 1.807) is 54.8 Å². The van der Waals surface area contributed by atoms with Crippen LogP contribution in [0.5, 0.6) is 5.75 Å². The number of ketones is 1. The van der Waals surface area contributed by atoms with Crippen molar-refractivity contribution in [1.82, 2.24) is 4.57 Å². The van der Waals surface area contributed by atoms with Crippen LogP contribution in [0.25, 0.3) is 16.7 Å². The Kier molecular flexibility index (Phi) is 6.60. The minimum Gasteiger partial charge on any atom is -0.489 e. The summed E-state index contributed by atoms with van der Waals surface area (Å²) in [5, 5.41) is 0.727. The van der Waals surface area contributed by atoms with E-state index in [9.17, 15) is 14.0 Å². The number of benzene rings is 3. The summed E-state index contributed by atoms with van der Waals surface area (Å²) < 4.78 is 33.1. The van der Waals surface area contributed by atoms with E-state index in [4.69, 9.17) is 13.9 Å². The van der Waals surface area contributed by atoms with Crippen LogP contribution in [0.3, 0.4) is 0 Å². The minimum atomic E-state index is -0.765. The monoisotopic (exact) mass is 497 g/mol. The average molecular weight is 498 g/mol. The van der Waals surface area contributed by atoms with Gasteiger partial charge in [0.15, 0.2) is 6.61 Å². The zero-order chi connectivity index (χ0) is 25.9. The van der Waals surface area contributed by atoms with Gasteiger partial charge < -0.3 is 18.5 Å². The number of fused-ring (bicyclic) bond motifs is 1. The maximum absolute atomic E-state index is 14.4. The summed E-state index contributed by atoms with van der Waals surface area (Å²) in [4.78, 5) is 26.0. The SMILES string of the molecule is Cc1cc(C(=O)COC(=O)c2oc3ccccc3c2COc2ccccc2)c(C)n1-c1ccccc1F. The molecule has 5 rings (SSSR count). The van der Waals surface area contributed by atoms with E-state index in [0.717, 1.165) is 5.39 Å². The van der Waals surface area contributed by atoms with E-state index in [2.05, 4.69) is 0 Å². The first-order valence-corrected chi connectivity index (χ1v) is 11.8. The minimum absolute atomic E-state index is 0.0123. The molecular formula is C30H24FNO5. The Labute approximate surface area is 212 Å². The van der Waals surface area contributed by atoms with Crippen molar-refractivity contribution in [3.8, 4) is 11.4 Å². The van der Waals surface area contributed by atoms with Gasteiger partial charge in [0.25, 0.3) is 0 Å². The lowest BCUT2D eigenvalue weighted by atomic mass is 10.1. The third-order valence-corrected chi connectivity index (χ3v) is 6.17. The molecule has 0 aliphatic heterocycles. The number of nitrogens with zero attached hydrogens (tertiary/aromatic N) is 1. The molecule has 0 N–H and O–H groups in total. The summed E-state index contributed by atoms with van der Waals surface area (Å²) in [6, 6.07) is 24.5. The number of hydrogen-bond acceptors (Lipinski definition) is 5. The fraction of sp³-hybridized carbons (Fsp3) is 0.133. The third kappa shape index (κ3) is 4.76. The smallest absolute Gasteiger partial charge is 0.375 e. The number of esters is 1. The van der Waals surface area contributed by atoms with Gasteiger partial charge in [0.1, 0.15) is 23.8 Å². The van der Waals surface area contributed by atoms with Crippen LogP contribution in [0, 0.1) is 19.7 Å². The van der Waals surface area contributed by atoms with Crippen molar-refractivity contribution in [2.75, 3.05) is 6.61 Å². The molecule has 0 fully saturated rings. The number of halogens is 1. The fourth-order valence-corrected chi connectivity index (χ4v) is 4.40. The van der Waals surface area contributed by atoms with Crippen molar-refractivity contribution in [2.45, 2.75) is 20.5 Å². The van der Waals surface area contributed by atoms with Crippen LogP contribution in [0.2, 0.25) is 0 Å². The molecule has 2 heterocycles. The molecule has 0 atom stereocenters. The molecule has 37 heavy (non-hydrogen) atoms. The number of aromatic nitrogens is 1. The quantitative estimate of drug-likeness (QED) is 0.178. The second kappa shape index (κ2) is 10.1. The number of carbonyl (C=O) groups is 2. The van der Waals surface area contributed by atoms with Gasteiger partial charge >= 0.3 is 5.97 Å². The molecule has 0 aliphatic rings. The summed E-state index contributed by atoms with van der Waals surface area (Å²) in [6.45, 7) is 3.11. The van der Waals surface area contributed by atoms with Gasteiger partial charge in [-0.1, -0.05) is 48.5 Å². The highest BCUT2D eigenvalue weighted by molar-refractivity contribution is 6.01. The van der Waals surface area contributed by atoms with Gasteiger partial charge in [-0.15, -0.1) is 0 Å². The summed E-state index contributed by atoms with van der Waals surface area (Å²) >= 11 is 0. The van der Waals surface area contributed by atoms with Gasteiger partial charge in [0, 0.05) is 22.3 Å². The molecular weight excluding hydrogens is 473 g/mol. The molecule has 0 radical (unpaired) electrons. The normalized spacial score (nSPS) is 11.0. The molecule has 0 bridgehead atoms. The number of hydrogen-bond donors (Lipinski definition) is 0. The summed E-state index contributed by atoms with van der Waals surface area (Å²) in [6.07, 6.45) is 0. The highest BCUT2D eigenvalue weighted by Gasteiger charge is 2.25. The third-order valence-electron chi connectivity index (χ3n) is 6.17. The largest absolute Gasteiger partial charge is 0.489 e. The van der Waals surface area contributed by atoms with Crippen molar-refractivity contribution in [3.05, 3.63) is 119 Å². The van der Waals surface area contributed by atoms with Crippen LogP contribution in [0.1, 0.15) is 37.9 Å². The van der Waals surface area contributed by atoms with Gasteiger partial charge in [-0.25, -0.2) is 9.18 Å². The zero-order valence-corrected chi connectivity index (χ0v) is 20.4. The van der Waals surface area contributed by atoms with Crippen molar-refractivity contribution < 1.29 is 27.9 Å². The second-order valence-corrected chi connectivity index (χ2v) is 8.58. The van der Waals surface area contributed by atoms with Crippen LogP contribution in [-0.2, 0) is 11.3 Å². The Hall–Kier alpha value is -4.65. The number of furan rings is 1. The van der Waals surface area contributed by atoms with E-state index in [1.807, 2.05) is 42.5 Å². The van der Waals surface area contributed by atoms with Gasteiger partial charge in [-0.2, -0.15) is 0 Å². The molecule has 0 saturated heterocycles. The topological polar surface area (TPSA) is 70.7 Å². The van der Waals surface area contributed by atoms with Gasteiger partial charge in [-0.05, 0) is 50.2 Å².